The quantitative estimate of drug-likeness (QED) is 0.713. The van der Waals surface area contributed by atoms with E-state index >= 15 is 0 Å². The van der Waals surface area contributed by atoms with Crippen LogP contribution in [0.15, 0.2) is 76.4 Å². The summed E-state index contributed by atoms with van der Waals surface area (Å²) in [6, 6.07) is 20.6. The fraction of sp³-hybridized carbons (Fsp3) is 0.174. The third kappa shape index (κ3) is 4.04. The number of carbonyl (C=O) groups excluding carboxylic acids is 1. The molecule has 2 aromatic carbocycles. The summed E-state index contributed by atoms with van der Waals surface area (Å²) in [5.74, 6) is 0.534. The Balaban J connectivity index is 1.54. The number of hydrazone groups is 1. The van der Waals surface area contributed by atoms with E-state index in [-0.39, 0.29) is 18.5 Å². The minimum Gasteiger partial charge on any atom is -0.467 e. The van der Waals surface area contributed by atoms with Crippen molar-refractivity contribution in [3.8, 4) is 6.07 Å². The van der Waals surface area contributed by atoms with E-state index in [9.17, 15) is 4.79 Å². The number of benzene rings is 2. The van der Waals surface area contributed by atoms with Crippen molar-refractivity contribution in [2.24, 2.45) is 5.10 Å². The number of nitrogens with zero attached hydrogens (tertiary/aromatic N) is 3. The van der Waals surface area contributed by atoms with Crippen LogP contribution in [0, 0.1) is 18.3 Å². The molecule has 2 heterocycles. The topological polar surface area (TPSA) is 81.6 Å². The summed E-state index contributed by atoms with van der Waals surface area (Å²) in [6.07, 6.45) is 2.19. The molecule has 1 aliphatic heterocycles. The second-order valence-corrected chi connectivity index (χ2v) is 6.93. The van der Waals surface area contributed by atoms with Gasteiger partial charge in [-0.3, -0.25) is 4.79 Å². The number of amides is 1. The Hall–Kier alpha value is -3.85. The normalized spacial score (nSPS) is 15.7. The monoisotopic (exact) mass is 384 g/mol. The van der Waals surface area contributed by atoms with Gasteiger partial charge in [-0.25, -0.2) is 5.01 Å². The Morgan fingerprint density at radius 2 is 2.07 bits per heavy atom. The smallest absolute Gasteiger partial charge is 0.262 e. The summed E-state index contributed by atoms with van der Waals surface area (Å²) in [5.41, 5.74) is 4.28. The van der Waals surface area contributed by atoms with Crippen molar-refractivity contribution < 1.29 is 9.21 Å². The van der Waals surface area contributed by atoms with E-state index < -0.39 is 0 Å². The first-order valence-electron chi connectivity index (χ1n) is 9.38. The first kappa shape index (κ1) is 18.5. The van der Waals surface area contributed by atoms with Crippen molar-refractivity contribution in [2.45, 2.75) is 19.4 Å². The summed E-state index contributed by atoms with van der Waals surface area (Å²) < 4.78 is 5.57. The number of anilines is 1. The summed E-state index contributed by atoms with van der Waals surface area (Å²) in [5, 5.41) is 18.2. The molecule has 0 spiro atoms. The van der Waals surface area contributed by atoms with E-state index in [1.807, 2.05) is 49.4 Å². The maximum Gasteiger partial charge on any atom is 0.262 e. The van der Waals surface area contributed by atoms with Crippen LogP contribution in [0.4, 0.5) is 5.69 Å². The van der Waals surface area contributed by atoms with Crippen molar-refractivity contribution in [3.05, 3.63) is 89.4 Å². The predicted octanol–water partition coefficient (Wildman–Crippen LogP) is 4.25. The Morgan fingerprint density at radius 1 is 1.24 bits per heavy atom. The van der Waals surface area contributed by atoms with Gasteiger partial charge in [0, 0.05) is 12.1 Å². The molecule has 0 unspecified atom stereocenters. The Bertz CT molecular complexity index is 1080. The molecule has 0 radical (unpaired) electrons. The molecule has 0 saturated carbocycles. The highest BCUT2D eigenvalue weighted by Gasteiger charge is 2.34. The van der Waals surface area contributed by atoms with E-state index in [4.69, 9.17) is 9.68 Å². The van der Waals surface area contributed by atoms with Crippen molar-refractivity contribution in [1.82, 2.24) is 5.01 Å². The zero-order chi connectivity index (χ0) is 20.2. The van der Waals surface area contributed by atoms with Crippen molar-refractivity contribution in [2.75, 3.05) is 11.9 Å². The number of aryl methyl sites for hydroxylation is 1. The van der Waals surface area contributed by atoms with Gasteiger partial charge in [-0.1, -0.05) is 35.9 Å². The zero-order valence-corrected chi connectivity index (χ0v) is 16.0. The molecule has 1 aliphatic rings. The van der Waals surface area contributed by atoms with E-state index in [1.165, 1.54) is 10.6 Å². The second kappa shape index (κ2) is 8.03. The molecule has 1 amide bonds. The molecule has 144 valence electrons. The molecule has 0 saturated heterocycles. The molecule has 1 atom stereocenters. The highest BCUT2D eigenvalue weighted by atomic mass is 16.3. The largest absolute Gasteiger partial charge is 0.467 e. The van der Waals surface area contributed by atoms with Gasteiger partial charge in [0.1, 0.15) is 11.8 Å². The van der Waals surface area contributed by atoms with Gasteiger partial charge in [0.2, 0.25) is 0 Å². The minimum absolute atomic E-state index is 0.0662. The van der Waals surface area contributed by atoms with Crippen LogP contribution >= 0.6 is 0 Å². The van der Waals surface area contributed by atoms with Gasteiger partial charge in [-0.05, 0) is 42.8 Å². The van der Waals surface area contributed by atoms with Crippen LogP contribution < -0.4 is 5.32 Å². The number of hydrogen-bond donors (Lipinski definition) is 1. The van der Waals surface area contributed by atoms with Gasteiger partial charge >= 0.3 is 0 Å². The molecule has 6 heteroatoms. The van der Waals surface area contributed by atoms with E-state index in [0.717, 1.165) is 11.3 Å². The van der Waals surface area contributed by atoms with Crippen molar-refractivity contribution in [3.63, 3.8) is 0 Å². The van der Waals surface area contributed by atoms with E-state index in [1.54, 1.807) is 24.5 Å². The number of nitriles is 1. The van der Waals surface area contributed by atoms with Gasteiger partial charge in [0.15, 0.2) is 0 Å². The third-order valence-corrected chi connectivity index (χ3v) is 4.86. The number of furan rings is 1. The Kier molecular flexibility index (Phi) is 5.12. The molecule has 29 heavy (non-hydrogen) atoms. The fourth-order valence-electron chi connectivity index (χ4n) is 3.32. The van der Waals surface area contributed by atoms with Gasteiger partial charge in [0.05, 0.1) is 30.2 Å². The first-order valence-corrected chi connectivity index (χ1v) is 9.38. The summed E-state index contributed by atoms with van der Waals surface area (Å²) >= 11 is 0. The fourth-order valence-corrected chi connectivity index (χ4v) is 3.32. The predicted molar refractivity (Wildman–Crippen MR) is 110 cm³/mol. The second-order valence-electron chi connectivity index (χ2n) is 6.93. The lowest BCUT2D eigenvalue weighted by molar-refractivity contribution is -0.131. The van der Waals surface area contributed by atoms with Crippen LogP contribution in [0.2, 0.25) is 0 Å². The van der Waals surface area contributed by atoms with Crippen LogP contribution in [-0.2, 0) is 4.79 Å². The molecular formula is C23H20N4O2. The third-order valence-electron chi connectivity index (χ3n) is 4.86. The summed E-state index contributed by atoms with van der Waals surface area (Å²) in [7, 11) is 0. The van der Waals surface area contributed by atoms with E-state index in [0.29, 0.717) is 23.4 Å². The summed E-state index contributed by atoms with van der Waals surface area (Å²) in [4.78, 5) is 13.0. The van der Waals surface area contributed by atoms with E-state index in [2.05, 4.69) is 16.5 Å². The average molecular weight is 384 g/mol. The molecule has 4 rings (SSSR count). The average Bonchev–Trinajstić information content (AvgIpc) is 3.42. The number of rotatable bonds is 5. The maximum atomic E-state index is 13.0. The molecule has 0 aliphatic carbocycles. The highest BCUT2D eigenvalue weighted by Crippen LogP contribution is 2.33. The molecule has 0 fully saturated rings. The molecule has 3 aromatic rings. The van der Waals surface area contributed by atoms with Crippen LogP contribution in [0.3, 0.4) is 0 Å². The lowest BCUT2D eigenvalue weighted by atomic mass is 10.0. The Labute approximate surface area is 169 Å². The van der Waals surface area contributed by atoms with Gasteiger partial charge in [-0.2, -0.15) is 10.4 Å². The number of hydrogen-bond acceptors (Lipinski definition) is 5. The van der Waals surface area contributed by atoms with Gasteiger partial charge in [-0.15, -0.1) is 0 Å². The minimum atomic E-state index is -0.277. The highest BCUT2D eigenvalue weighted by molar-refractivity contribution is 6.03. The van der Waals surface area contributed by atoms with Crippen LogP contribution in [0.1, 0.15) is 34.9 Å². The number of nitrogens with one attached hydrogen (secondary N) is 1. The molecule has 0 bridgehead atoms. The van der Waals surface area contributed by atoms with Crippen molar-refractivity contribution >= 4 is 17.3 Å². The molecule has 1 N–H and O–H groups in total. The van der Waals surface area contributed by atoms with Crippen LogP contribution in [0.25, 0.3) is 0 Å². The molecule has 6 nitrogen and oxygen atoms in total. The van der Waals surface area contributed by atoms with Crippen LogP contribution in [-0.4, -0.2) is 23.2 Å². The van der Waals surface area contributed by atoms with Gasteiger partial charge in [0.25, 0.3) is 5.91 Å². The lowest BCUT2D eigenvalue weighted by Gasteiger charge is -2.20. The first-order chi connectivity index (χ1) is 14.1. The van der Waals surface area contributed by atoms with Gasteiger partial charge < -0.3 is 9.73 Å². The summed E-state index contributed by atoms with van der Waals surface area (Å²) in [6.45, 7) is 2.10. The van der Waals surface area contributed by atoms with Crippen molar-refractivity contribution in [1.29, 1.82) is 5.26 Å². The SMILES string of the molecule is Cc1ccc(C2=NN(C(=O)CNc3cccc(C#N)c3)[C@H](c3ccco3)C2)cc1. The Morgan fingerprint density at radius 3 is 2.79 bits per heavy atom. The zero-order valence-electron chi connectivity index (χ0n) is 16.0. The lowest BCUT2D eigenvalue weighted by Crippen LogP contribution is -2.32. The number of carbonyl (C=O) groups is 1. The molecule has 1 aromatic heterocycles. The molecular weight excluding hydrogens is 364 g/mol. The maximum absolute atomic E-state index is 13.0. The standard InChI is InChI=1S/C23H20N4O2/c1-16-7-9-18(10-8-16)20-13-21(22-6-3-11-29-22)27(26-20)23(28)15-25-19-5-2-4-17(12-19)14-24/h2-12,21,25H,13,15H2,1H3/t21-/m0/s1. The van der Waals surface area contributed by atoms with Crippen LogP contribution in [0.5, 0.6) is 0 Å².